The van der Waals surface area contributed by atoms with Gasteiger partial charge in [-0.15, -0.1) is 0 Å². The summed E-state index contributed by atoms with van der Waals surface area (Å²) in [6.07, 6.45) is 1.86. The summed E-state index contributed by atoms with van der Waals surface area (Å²) >= 11 is 0. The number of carbonyl (C=O) groups excluding carboxylic acids is 2. The Bertz CT molecular complexity index is 1110. The van der Waals surface area contributed by atoms with Gasteiger partial charge in [0.2, 0.25) is 21.8 Å². The molecule has 0 unspecified atom stereocenters. The highest BCUT2D eigenvalue weighted by Crippen LogP contribution is 2.27. The molecule has 0 aliphatic rings. The Labute approximate surface area is 204 Å². The van der Waals surface area contributed by atoms with Crippen molar-refractivity contribution >= 4 is 27.5 Å². The van der Waals surface area contributed by atoms with Crippen LogP contribution in [0.3, 0.4) is 0 Å². The molecule has 2 aromatic rings. The molecule has 8 heteroatoms. The van der Waals surface area contributed by atoms with Gasteiger partial charge in [0.05, 0.1) is 11.9 Å². The number of hydrogen-bond acceptors (Lipinski definition) is 4. The third-order valence-electron chi connectivity index (χ3n) is 6.14. The molecule has 0 saturated heterocycles. The van der Waals surface area contributed by atoms with Crippen LogP contribution in [0.15, 0.2) is 42.5 Å². The second kappa shape index (κ2) is 11.5. The normalized spacial score (nSPS) is 13.1. The smallest absolute Gasteiger partial charge is 0.244 e. The molecule has 0 aliphatic carbocycles. The number of aryl methyl sites for hydroxylation is 3. The zero-order valence-electron chi connectivity index (χ0n) is 21.3. The molecule has 34 heavy (non-hydrogen) atoms. The lowest BCUT2D eigenvalue weighted by atomic mass is 10.1. The quantitative estimate of drug-likeness (QED) is 0.554. The molecule has 0 heterocycles. The molecule has 0 bridgehead atoms. The summed E-state index contributed by atoms with van der Waals surface area (Å²) in [5.41, 5.74) is 3.89. The highest BCUT2D eigenvalue weighted by molar-refractivity contribution is 7.92. The van der Waals surface area contributed by atoms with Crippen molar-refractivity contribution in [2.75, 3.05) is 17.1 Å². The lowest BCUT2D eigenvalue weighted by Gasteiger charge is -2.33. The molecule has 0 spiro atoms. The van der Waals surface area contributed by atoms with Crippen LogP contribution in [-0.2, 0) is 26.2 Å². The fraction of sp³-hybridized carbons (Fsp3) is 0.462. The summed E-state index contributed by atoms with van der Waals surface area (Å²) in [6.45, 7) is 10.9. The van der Waals surface area contributed by atoms with Gasteiger partial charge in [0.1, 0.15) is 12.6 Å². The lowest BCUT2D eigenvalue weighted by molar-refractivity contribution is -0.139. The van der Waals surface area contributed by atoms with Crippen LogP contribution in [0, 0.1) is 20.8 Å². The van der Waals surface area contributed by atoms with E-state index in [0.717, 1.165) is 39.2 Å². The van der Waals surface area contributed by atoms with Gasteiger partial charge in [0.15, 0.2) is 0 Å². The van der Waals surface area contributed by atoms with E-state index in [-0.39, 0.29) is 18.5 Å². The van der Waals surface area contributed by atoms with Crippen LogP contribution in [0.5, 0.6) is 0 Å². The average molecular weight is 488 g/mol. The largest absolute Gasteiger partial charge is 0.352 e. The molecule has 7 nitrogen and oxygen atoms in total. The van der Waals surface area contributed by atoms with Crippen LogP contribution < -0.4 is 9.62 Å². The number of anilines is 1. The molecule has 186 valence electrons. The van der Waals surface area contributed by atoms with Gasteiger partial charge in [0.25, 0.3) is 0 Å². The Hall–Kier alpha value is -2.87. The number of carbonyl (C=O) groups is 2. The fourth-order valence-corrected chi connectivity index (χ4v) is 4.76. The van der Waals surface area contributed by atoms with Crippen LogP contribution in [-0.4, -0.2) is 50.0 Å². The van der Waals surface area contributed by atoms with Gasteiger partial charge in [-0.25, -0.2) is 8.42 Å². The standard InChI is InChI=1S/C26H37N3O4S/c1-8-21(5)27-26(31)22(6)28(16-23-15-10-9-12-18(23)2)24(30)17-29(34(7,32)33)25-19(3)13-11-14-20(25)4/h9-15,21-22H,8,16-17H2,1-7H3,(H,27,31)/t21-,22+/m0/s1. The Balaban J connectivity index is 2.46. The second-order valence-corrected chi connectivity index (χ2v) is 10.9. The van der Waals surface area contributed by atoms with Crippen molar-refractivity contribution in [2.45, 2.75) is 66.6 Å². The predicted molar refractivity (Wildman–Crippen MR) is 137 cm³/mol. The Kier molecular flexibility index (Phi) is 9.27. The molecular formula is C26H37N3O4S. The van der Waals surface area contributed by atoms with Crippen molar-refractivity contribution in [3.63, 3.8) is 0 Å². The van der Waals surface area contributed by atoms with Gasteiger partial charge in [-0.2, -0.15) is 0 Å². The van der Waals surface area contributed by atoms with Crippen LogP contribution in [0.25, 0.3) is 0 Å². The Morgan fingerprint density at radius 3 is 2.03 bits per heavy atom. The summed E-state index contributed by atoms with van der Waals surface area (Å²) in [5, 5.41) is 2.93. The first kappa shape index (κ1) is 27.4. The lowest BCUT2D eigenvalue weighted by Crippen LogP contribution is -2.52. The third-order valence-corrected chi connectivity index (χ3v) is 7.25. The molecule has 2 aromatic carbocycles. The minimum absolute atomic E-state index is 0.0347. The summed E-state index contributed by atoms with van der Waals surface area (Å²) in [4.78, 5) is 28.1. The summed E-state index contributed by atoms with van der Waals surface area (Å²) in [7, 11) is -3.76. The molecular weight excluding hydrogens is 450 g/mol. The summed E-state index contributed by atoms with van der Waals surface area (Å²) in [5.74, 6) is -0.711. The predicted octanol–water partition coefficient (Wildman–Crippen LogP) is 3.71. The molecule has 0 saturated carbocycles. The SMILES string of the molecule is CC[C@H](C)NC(=O)[C@@H](C)N(Cc1ccccc1C)C(=O)CN(c1c(C)cccc1C)S(C)(=O)=O. The maximum atomic E-state index is 13.7. The van der Waals surface area contributed by atoms with Gasteiger partial charge in [-0.1, -0.05) is 49.4 Å². The Morgan fingerprint density at radius 2 is 1.50 bits per heavy atom. The summed E-state index contributed by atoms with van der Waals surface area (Å²) < 4.78 is 26.7. The highest BCUT2D eigenvalue weighted by atomic mass is 32.2. The van der Waals surface area contributed by atoms with E-state index in [9.17, 15) is 18.0 Å². The number of rotatable bonds is 10. The van der Waals surface area contributed by atoms with Gasteiger partial charge in [-0.05, 0) is 63.3 Å². The number of benzene rings is 2. The average Bonchev–Trinajstić information content (AvgIpc) is 2.76. The fourth-order valence-electron chi connectivity index (χ4n) is 3.79. The zero-order chi connectivity index (χ0) is 25.6. The number of nitrogens with zero attached hydrogens (tertiary/aromatic N) is 2. The molecule has 0 radical (unpaired) electrons. The van der Waals surface area contributed by atoms with E-state index in [0.29, 0.717) is 5.69 Å². The van der Waals surface area contributed by atoms with Crippen LogP contribution in [0.1, 0.15) is 49.4 Å². The van der Waals surface area contributed by atoms with E-state index < -0.39 is 28.5 Å². The van der Waals surface area contributed by atoms with Gasteiger partial charge in [0, 0.05) is 12.6 Å². The van der Waals surface area contributed by atoms with E-state index in [2.05, 4.69) is 5.32 Å². The number of hydrogen-bond donors (Lipinski definition) is 1. The minimum Gasteiger partial charge on any atom is -0.352 e. The first-order chi connectivity index (χ1) is 15.9. The molecule has 1 N–H and O–H groups in total. The van der Waals surface area contributed by atoms with Crippen molar-refractivity contribution in [1.82, 2.24) is 10.2 Å². The zero-order valence-corrected chi connectivity index (χ0v) is 22.1. The van der Waals surface area contributed by atoms with Crippen molar-refractivity contribution in [2.24, 2.45) is 0 Å². The molecule has 2 amide bonds. The van der Waals surface area contributed by atoms with E-state index in [1.165, 1.54) is 4.90 Å². The number of nitrogens with one attached hydrogen (secondary N) is 1. The highest BCUT2D eigenvalue weighted by Gasteiger charge is 2.31. The van der Waals surface area contributed by atoms with E-state index in [1.807, 2.05) is 77.1 Å². The van der Waals surface area contributed by atoms with Crippen LogP contribution in [0.4, 0.5) is 5.69 Å². The molecule has 0 aliphatic heterocycles. The number of sulfonamides is 1. The van der Waals surface area contributed by atoms with Crippen LogP contribution in [0.2, 0.25) is 0 Å². The molecule has 2 atom stereocenters. The maximum Gasteiger partial charge on any atom is 0.244 e. The van der Waals surface area contributed by atoms with Gasteiger partial charge >= 0.3 is 0 Å². The van der Waals surface area contributed by atoms with Crippen molar-refractivity contribution in [3.8, 4) is 0 Å². The topological polar surface area (TPSA) is 86.8 Å². The third kappa shape index (κ3) is 6.82. The van der Waals surface area contributed by atoms with Crippen molar-refractivity contribution in [1.29, 1.82) is 0 Å². The summed E-state index contributed by atoms with van der Waals surface area (Å²) in [6, 6.07) is 12.3. The number of para-hydroxylation sites is 1. The first-order valence-corrected chi connectivity index (χ1v) is 13.4. The molecule has 0 aromatic heterocycles. The Morgan fingerprint density at radius 1 is 0.941 bits per heavy atom. The van der Waals surface area contributed by atoms with Crippen molar-refractivity contribution in [3.05, 3.63) is 64.7 Å². The van der Waals surface area contributed by atoms with Gasteiger partial charge in [-0.3, -0.25) is 13.9 Å². The molecule has 2 rings (SSSR count). The molecule has 0 fully saturated rings. The maximum absolute atomic E-state index is 13.7. The monoisotopic (exact) mass is 487 g/mol. The van der Waals surface area contributed by atoms with E-state index >= 15 is 0 Å². The van der Waals surface area contributed by atoms with E-state index in [1.54, 1.807) is 6.92 Å². The second-order valence-electron chi connectivity index (χ2n) is 8.95. The minimum atomic E-state index is -3.76. The van der Waals surface area contributed by atoms with Crippen molar-refractivity contribution < 1.29 is 18.0 Å². The number of amides is 2. The first-order valence-electron chi connectivity index (χ1n) is 11.5. The van der Waals surface area contributed by atoms with Gasteiger partial charge < -0.3 is 10.2 Å². The van der Waals surface area contributed by atoms with Crippen LogP contribution >= 0.6 is 0 Å². The van der Waals surface area contributed by atoms with E-state index in [4.69, 9.17) is 0 Å².